The highest BCUT2D eigenvalue weighted by atomic mass is 16.5. The van der Waals surface area contributed by atoms with Crippen LogP contribution < -0.4 is 4.74 Å². The predicted molar refractivity (Wildman–Crippen MR) is 80.1 cm³/mol. The zero-order valence-corrected chi connectivity index (χ0v) is 11.9. The number of aromatic nitrogens is 3. The van der Waals surface area contributed by atoms with E-state index in [2.05, 4.69) is 47.2 Å². The highest BCUT2D eigenvalue weighted by molar-refractivity contribution is 5.81. The molecule has 0 spiro atoms. The van der Waals surface area contributed by atoms with Crippen molar-refractivity contribution in [2.45, 2.75) is 26.9 Å². The zero-order chi connectivity index (χ0) is 13.9. The molecular weight excluding hydrogens is 250 g/mol. The van der Waals surface area contributed by atoms with Gasteiger partial charge >= 0.3 is 0 Å². The van der Waals surface area contributed by atoms with E-state index in [1.54, 1.807) is 0 Å². The minimum absolute atomic E-state index is 0.697. The number of hydrogen-bond donors (Lipinski definition) is 0. The number of fused-ring (bicyclic) bond motifs is 1. The van der Waals surface area contributed by atoms with Crippen LogP contribution in [0.1, 0.15) is 19.4 Å². The Morgan fingerprint density at radius 1 is 1.20 bits per heavy atom. The van der Waals surface area contributed by atoms with Crippen LogP contribution in [0, 0.1) is 0 Å². The van der Waals surface area contributed by atoms with Crippen molar-refractivity contribution in [1.29, 1.82) is 0 Å². The molecule has 20 heavy (non-hydrogen) atoms. The molecule has 104 valence electrons. The van der Waals surface area contributed by atoms with Crippen LogP contribution >= 0.6 is 0 Å². The second kappa shape index (κ2) is 5.41. The van der Waals surface area contributed by atoms with E-state index in [0.29, 0.717) is 6.61 Å². The van der Waals surface area contributed by atoms with Gasteiger partial charge in [0.25, 0.3) is 0 Å². The largest absolute Gasteiger partial charge is 0.494 e. The molecule has 0 bridgehead atoms. The Morgan fingerprint density at radius 2 is 2.10 bits per heavy atom. The summed E-state index contributed by atoms with van der Waals surface area (Å²) in [5.74, 6) is 0.927. The summed E-state index contributed by atoms with van der Waals surface area (Å²) in [6.07, 6.45) is 6.15. The predicted octanol–water partition coefficient (Wildman–Crippen LogP) is 3.30. The van der Waals surface area contributed by atoms with Gasteiger partial charge in [0, 0.05) is 35.4 Å². The lowest BCUT2D eigenvalue weighted by Crippen LogP contribution is -1.97. The summed E-state index contributed by atoms with van der Waals surface area (Å²) in [6.45, 7) is 6.54. The van der Waals surface area contributed by atoms with Crippen molar-refractivity contribution in [3.63, 3.8) is 0 Å². The monoisotopic (exact) mass is 269 g/mol. The van der Waals surface area contributed by atoms with Gasteiger partial charge < -0.3 is 9.30 Å². The lowest BCUT2D eigenvalue weighted by molar-refractivity contribution is 0.340. The summed E-state index contributed by atoms with van der Waals surface area (Å²) in [7, 11) is 0. The molecule has 2 aromatic heterocycles. The third kappa shape index (κ3) is 2.41. The van der Waals surface area contributed by atoms with Crippen molar-refractivity contribution >= 4 is 10.9 Å². The molecule has 0 saturated heterocycles. The molecule has 3 rings (SSSR count). The molecule has 0 aliphatic heterocycles. The fourth-order valence-corrected chi connectivity index (χ4v) is 2.43. The van der Waals surface area contributed by atoms with Crippen molar-refractivity contribution in [2.75, 3.05) is 6.61 Å². The lowest BCUT2D eigenvalue weighted by Gasteiger charge is -2.05. The third-order valence-corrected chi connectivity index (χ3v) is 3.42. The number of hydrogen-bond acceptors (Lipinski definition) is 2. The van der Waals surface area contributed by atoms with Gasteiger partial charge in [-0.1, -0.05) is 0 Å². The molecule has 0 atom stereocenters. The fourth-order valence-electron chi connectivity index (χ4n) is 2.43. The SMILES string of the molecule is CCOc1ccc2c(ccn2Cc2cnn(CC)c2)c1. The summed E-state index contributed by atoms with van der Waals surface area (Å²) < 4.78 is 9.73. The minimum Gasteiger partial charge on any atom is -0.494 e. The summed E-state index contributed by atoms with van der Waals surface area (Å²) in [5.41, 5.74) is 2.44. The topological polar surface area (TPSA) is 32.0 Å². The van der Waals surface area contributed by atoms with Gasteiger partial charge in [0.2, 0.25) is 0 Å². The first-order valence-electron chi connectivity index (χ1n) is 7.03. The van der Waals surface area contributed by atoms with Gasteiger partial charge in [0.15, 0.2) is 0 Å². The van der Waals surface area contributed by atoms with E-state index in [9.17, 15) is 0 Å². The first-order chi connectivity index (χ1) is 9.80. The maximum Gasteiger partial charge on any atom is 0.120 e. The first-order valence-corrected chi connectivity index (χ1v) is 7.03. The van der Waals surface area contributed by atoms with E-state index in [1.807, 2.05) is 23.9 Å². The molecule has 0 aliphatic rings. The van der Waals surface area contributed by atoms with Gasteiger partial charge in [-0.3, -0.25) is 4.68 Å². The molecule has 3 aromatic rings. The van der Waals surface area contributed by atoms with Gasteiger partial charge in [0.1, 0.15) is 5.75 Å². The van der Waals surface area contributed by atoms with Crippen LogP contribution in [0.4, 0.5) is 0 Å². The summed E-state index contributed by atoms with van der Waals surface area (Å²) >= 11 is 0. The number of aryl methyl sites for hydroxylation is 1. The molecule has 0 saturated carbocycles. The standard InChI is InChI=1S/C16H19N3O/c1-3-19-12-13(10-17-19)11-18-8-7-14-9-15(20-4-2)5-6-16(14)18/h5-10,12H,3-4,11H2,1-2H3. The van der Waals surface area contributed by atoms with Crippen molar-refractivity contribution in [3.8, 4) is 5.75 Å². The van der Waals surface area contributed by atoms with Gasteiger partial charge in [-0.05, 0) is 38.1 Å². The van der Waals surface area contributed by atoms with Crippen molar-refractivity contribution in [1.82, 2.24) is 14.3 Å². The van der Waals surface area contributed by atoms with Gasteiger partial charge in [-0.2, -0.15) is 5.10 Å². The van der Waals surface area contributed by atoms with E-state index in [1.165, 1.54) is 16.5 Å². The molecule has 2 heterocycles. The minimum atomic E-state index is 0.697. The van der Waals surface area contributed by atoms with E-state index < -0.39 is 0 Å². The number of benzene rings is 1. The lowest BCUT2D eigenvalue weighted by atomic mass is 10.2. The molecule has 0 unspecified atom stereocenters. The molecule has 0 fully saturated rings. The molecular formula is C16H19N3O. The number of ether oxygens (including phenoxy) is 1. The van der Waals surface area contributed by atoms with E-state index in [4.69, 9.17) is 4.74 Å². The maximum absolute atomic E-state index is 5.54. The molecule has 4 heteroatoms. The van der Waals surface area contributed by atoms with Crippen molar-refractivity contribution < 1.29 is 4.74 Å². The molecule has 4 nitrogen and oxygen atoms in total. The van der Waals surface area contributed by atoms with Crippen LogP contribution in [0.2, 0.25) is 0 Å². The highest BCUT2D eigenvalue weighted by Gasteiger charge is 2.05. The third-order valence-electron chi connectivity index (χ3n) is 3.42. The molecule has 1 aromatic carbocycles. The van der Waals surface area contributed by atoms with Gasteiger partial charge in [-0.25, -0.2) is 0 Å². The van der Waals surface area contributed by atoms with Crippen LogP contribution in [-0.4, -0.2) is 21.0 Å². The van der Waals surface area contributed by atoms with Gasteiger partial charge in [-0.15, -0.1) is 0 Å². The smallest absolute Gasteiger partial charge is 0.120 e. The average Bonchev–Trinajstić information content (AvgIpc) is 3.07. The quantitative estimate of drug-likeness (QED) is 0.711. The molecule has 0 amide bonds. The van der Waals surface area contributed by atoms with Crippen LogP contribution in [0.5, 0.6) is 5.75 Å². The van der Waals surface area contributed by atoms with Crippen molar-refractivity contribution in [3.05, 3.63) is 48.4 Å². The van der Waals surface area contributed by atoms with Crippen LogP contribution in [0.15, 0.2) is 42.9 Å². The number of rotatable bonds is 5. The Morgan fingerprint density at radius 3 is 2.85 bits per heavy atom. The summed E-state index contributed by atoms with van der Waals surface area (Å²) in [5, 5.41) is 5.52. The van der Waals surface area contributed by atoms with E-state index in [-0.39, 0.29) is 0 Å². The van der Waals surface area contributed by atoms with Crippen molar-refractivity contribution in [2.24, 2.45) is 0 Å². The van der Waals surface area contributed by atoms with Crippen LogP contribution in [-0.2, 0) is 13.1 Å². The van der Waals surface area contributed by atoms with Crippen LogP contribution in [0.25, 0.3) is 10.9 Å². The Bertz CT molecular complexity index is 711. The second-order valence-electron chi connectivity index (χ2n) is 4.80. The molecule has 0 radical (unpaired) electrons. The molecule has 0 N–H and O–H groups in total. The first kappa shape index (κ1) is 12.8. The number of nitrogens with zero attached hydrogens (tertiary/aromatic N) is 3. The highest BCUT2D eigenvalue weighted by Crippen LogP contribution is 2.22. The van der Waals surface area contributed by atoms with Gasteiger partial charge in [0.05, 0.1) is 19.3 Å². The summed E-state index contributed by atoms with van der Waals surface area (Å²) in [4.78, 5) is 0. The normalized spacial score (nSPS) is 11.1. The zero-order valence-electron chi connectivity index (χ0n) is 11.9. The molecule has 0 aliphatic carbocycles. The Balaban J connectivity index is 1.88. The Kier molecular flexibility index (Phi) is 3.46. The van der Waals surface area contributed by atoms with E-state index >= 15 is 0 Å². The maximum atomic E-state index is 5.54. The van der Waals surface area contributed by atoms with Crippen LogP contribution in [0.3, 0.4) is 0 Å². The Hall–Kier alpha value is -2.23. The average molecular weight is 269 g/mol. The Labute approximate surface area is 118 Å². The second-order valence-corrected chi connectivity index (χ2v) is 4.80. The summed E-state index contributed by atoms with van der Waals surface area (Å²) in [6, 6.07) is 8.36. The fraction of sp³-hybridized carbons (Fsp3) is 0.312. The van der Waals surface area contributed by atoms with E-state index in [0.717, 1.165) is 18.8 Å².